The summed E-state index contributed by atoms with van der Waals surface area (Å²) in [6.45, 7) is -0.513. The molecule has 0 amide bonds. The number of benzene rings is 4. The average Bonchev–Trinajstić information content (AvgIpc) is 3.00. The molecule has 212 valence electrons. The van der Waals surface area contributed by atoms with Crippen LogP contribution in [0, 0.1) is 20.2 Å². The largest absolute Gasteiger partial charge is 0.497 e. The Bertz CT molecular complexity index is 1470. The number of nitro groups is 2. The molecule has 0 aliphatic heterocycles. The van der Waals surface area contributed by atoms with Crippen LogP contribution in [0.2, 0.25) is 0 Å². The van der Waals surface area contributed by atoms with Crippen molar-refractivity contribution in [1.29, 1.82) is 0 Å². The summed E-state index contributed by atoms with van der Waals surface area (Å²) in [5.74, 6) is -0.466. The monoisotopic (exact) mass is 577 g/mol. The van der Waals surface area contributed by atoms with E-state index in [1.807, 2.05) is 30.3 Å². The van der Waals surface area contributed by atoms with Crippen LogP contribution in [-0.2, 0) is 33.4 Å². The Hall–Kier alpha value is -4.41. The van der Waals surface area contributed by atoms with Gasteiger partial charge in [0.2, 0.25) is 0 Å². The molecule has 0 bridgehead atoms. The first-order chi connectivity index (χ1) is 19.8. The third-order valence-corrected chi connectivity index (χ3v) is 8.36. The first-order valence-corrected chi connectivity index (χ1v) is 14.2. The maximum Gasteiger partial charge on any atom is 0.352 e. The van der Waals surface area contributed by atoms with Gasteiger partial charge in [-0.1, -0.05) is 66.7 Å². The summed E-state index contributed by atoms with van der Waals surface area (Å²) in [6, 6.07) is 28.1. The van der Waals surface area contributed by atoms with Gasteiger partial charge < -0.3 is 13.8 Å². The van der Waals surface area contributed by atoms with E-state index in [-0.39, 0.29) is 29.0 Å². The molecule has 0 spiro atoms. The normalized spacial score (nSPS) is 12.0. The first kappa shape index (κ1) is 29.6. The number of nitro benzene ring substituents is 2. The van der Waals surface area contributed by atoms with Crippen LogP contribution in [0.1, 0.15) is 28.0 Å². The third-order valence-electron chi connectivity index (χ3n) is 6.27. The van der Waals surface area contributed by atoms with Crippen molar-refractivity contribution in [2.24, 2.45) is 0 Å². The van der Waals surface area contributed by atoms with Crippen LogP contribution >= 0.6 is 7.60 Å². The van der Waals surface area contributed by atoms with E-state index >= 15 is 0 Å². The number of nitrogens with zero attached hydrogens (tertiary/aromatic N) is 2. The Morgan fingerprint density at radius 1 is 0.732 bits per heavy atom. The van der Waals surface area contributed by atoms with Gasteiger partial charge in [-0.25, -0.2) is 0 Å². The maximum atomic E-state index is 14.7. The lowest BCUT2D eigenvalue weighted by molar-refractivity contribution is -0.385. The van der Waals surface area contributed by atoms with Gasteiger partial charge in [0.1, 0.15) is 11.5 Å². The van der Waals surface area contributed by atoms with Gasteiger partial charge in [0, 0.05) is 18.7 Å². The topological polar surface area (TPSA) is 143 Å². The number of ether oxygens (including phenoxy) is 1. The van der Waals surface area contributed by atoms with E-state index in [0.29, 0.717) is 11.3 Å². The van der Waals surface area contributed by atoms with E-state index in [4.69, 9.17) is 13.8 Å². The smallest absolute Gasteiger partial charge is 0.352 e. The molecule has 1 atom stereocenters. The molecule has 0 saturated carbocycles. The van der Waals surface area contributed by atoms with Crippen molar-refractivity contribution in [3.63, 3.8) is 0 Å². The second-order valence-electron chi connectivity index (χ2n) is 8.90. The minimum absolute atomic E-state index is 0.198. The van der Waals surface area contributed by atoms with E-state index in [1.54, 1.807) is 36.4 Å². The number of hydrogen-bond acceptors (Lipinski definition) is 9. The van der Waals surface area contributed by atoms with Crippen molar-refractivity contribution < 1.29 is 28.2 Å². The summed E-state index contributed by atoms with van der Waals surface area (Å²) in [5, 5.41) is 26.4. The van der Waals surface area contributed by atoms with Crippen LogP contribution in [0.4, 0.5) is 11.4 Å². The van der Waals surface area contributed by atoms with Crippen LogP contribution in [-0.4, -0.2) is 17.0 Å². The van der Waals surface area contributed by atoms with Gasteiger partial charge in [0.15, 0.2) is 0 Å². The summed E-state index contributed by atoms with van der Waals surface area (Å²) < 4.78 is 31.9. The standard InChI is InChI=1S/C29H28N3O8P/c1-38-26-17-15-23(16-18-26)29(30-19-22-9-3-2-4-10-22)41(37,39-20-24-11-5-7-13-27(24)31(33)34)40-21-25-12-6-8-14-28(25)32(35)36/h2-18,29-30H,19-21H2,1H3/t29-/m1/s1. The molecule has 4 rings (SSSR count). The zero-order valence-corrected chi connectivity index (χ0v) is 23.0. The third kappa shape index (κ3) is 7.62. The van der Waals surface area contributed by atoms with Gasteiger partial charge in [0.25, 0.3) is 11.4 Å². The first-order valence-electron chi connectivity index (χ1n) is 12.6. The number of methoxy groups -OCH3 is 1. The average molecular weight is 578 g/mol. The molecule has 0 fully saturated rings. The van der Waals surface area contributed by atoms with Crippen molar-refractivity contribution in [2.75, 3.05) is 7.11 Å². The predicted octanol–water partition coefficient (Wildman–Crippen LogP) is 6.93. The summed E-state index contributed by atoms with van der Waals surface area (Å²) in [6.07, 6.45) is 0. The van der Waals surface area contributed by atoms with Crippen molar-refractivity contribution in [3.8, 4) is 5.75 Å². The molecule has 41 heavy (non-hydrogen) atoms. The van der Waals surface area contributed by atoms with Crippen molar-refractivity contribution >= 4 is 19.0 Å². The highest BCUT2D eigenvalue weighted by Gasteiger charge is 2.38. The molecule has 0 heterocycles. The van der Waals surface area contributed by atoms with Gasteiger partial charge >= 0.3 is 7.60 Å². The lowest BCUT2D eigenvalue weighted by Crippen LogP contribution is -2.23. The summed E-state index contributed by atoms with van der Waals surface area (Å²) >= 11 is 0. The van der Waals surface area contributed by atoms with Crippen molar-refractivity contribution in [2.45, 2.75) is 25.5 Å². The molecule has 4 aromatic rings. The quantitative estimate of drug-likeness (QED) is 0.0959. The van der Waals surface area contributed by atoms with Crippen LogP contribution in [0.5, 0.6) is 5.75 Å². The lowest BCUT2D eigenvalue weighted by atomic mass is 10.2. The predicted molar refractivity (Wildman–Crippen MR) is 152 cm³/mol. The fraction of sp³-hybridized carbons (Fsp3) is 0.172. The Balaban J connectivity index is 1.73. The molecular weight excluding hydrogens is 549 g/mol. The fourth-order valence-electron chi connectivity index (χ4n) is 4.14. The van der Waals surface area contributed by atoms with Crippen molar-refractivity contribution in [1.82, 2.24) is 5.32 Å². The molecule has 11 nitrogen and oxygen atoms in total. The molecule has 4 aromatic carbocycles. The Morgan fingerprint density at radius 2 is 1.22 bits per heavy atom. The SMILES string of the molecule is COc1ccc([C@H](NCc2ccccc2)P(=O)(OCc2ccccc2[N+](=O)[O-])OCc2ccccc2[N+](=O)[O-])cc1. The second kappa shape index (κ2) is 13.8. The summed E-state index contributed by atoms with van der Waals surface area (Å²) in [4.78, 5) is 22.1. The molecule has 0 aliphatic carbocycles. The Morgan fingerprint density at radius 3 is 1.71 bits per heavy atom. The van der Waals surface area contributed by atoms with E-state index < -0.39 is 36.4 Å². The van der Waals surface area contributed by atoms with E-state index in [9.17, 15) is 24.8 Å². The van der Waals surface area contributed by atoms with Crippen molar-refractivity contribution in [3.05, 3.63) is 146 Å². The van der Waals surface area contributed by atoms with Gasteiger partial charge in [-0.05, 0) is 35.4 Å². The Labute approximate surface area is 236 Å². The van der Waals surface area contributed by atoms with Gasteiger partial charge in [-0.2, -0.15) is 0 Å². The minimum atomic E-state index is -4.24. The zero-order valence-electron chi connectivity index (χ0n) is 22.1. The molecule has 0 aromatic heterocycles. The van der Waals surface area contributed by atoms with Crippen LogP contribution in [0.25, 0.3) is 0 Å². The van der Waals surface area contributed by atoms with Gasteiger partial charge in [-0.3, -0.25) is 30.1 Å². The van der Waals surface area contributed by atoms with E-state index in [1.165, 1.54) is 43.5 Å². The Kier molecular flexibility index (Phi) is 9.94. The summed E-state index contributed by atoms with van der Waals surface area (Å²) in [7, 11) is -2.72. The van der Waals surface area contributed by atoms with Gasteiger partial charge in [-0.15, -0.1) is 0 Å². The molecule has 12 heteroatoms. The summed E-state index contributed by atoms with van der Waals surface area (Å²) in [5.41, 5.74) is 1.43. The number of para-hydroxylation sites is 2. The number of hydrogen-bond donors (Lipinski definition) is 1. The lowest BCUT2D eigenvalue weighted by Gasteiger charge is -2.28. The number of nitrogens with one attached hydrogen (secondary N) is 1. The van der Waals surface area contributed by atoms with Crippen LogP contribution in [0.3, 0.4) is 0 Å². The van der Waals surface area contributed by atoms with Gasteiger partial charge in [0.05, 0.1) is 41.3 Å². The maximum absolute atomic E-state index is 14.7. The molecule has 1 N–H and O–H groups in total. The minimum Gasteiger partial charge on any atom is -0.497 e. The highest BCUT2D eigenvalue weighted by molar-refractivity contribution is 7.54. The molecule has 0 aliphatic rings. The molecule has 0 saturated heterocycles. The highest BCUT2D eigenvalue weighted by Crippen LogP contribution is 2.61. The number of rotatable bonds is 14. The molecular formula is C29H28N3O8P. The zero-order chi connectivity index (χ0) is 29.2. The molecule has 0 unspecified atom stereocenters. The van der Waals surface area contributed by atoms with E-state index in [2.05, 4.69) is 5.32 Å². The fourth-order valence-corrected chi connectivity index (χ4v) is 6.00. The highest BCUT2D eigenvalue weighted by atomic mass is 31.2. The van der Waals surface area contributed by atoms with Crippen LogP contribution < -0.4 is 10.1 Å². The van der Waals surface area contributed by atoms with E-state index in [0.717, 1.165) is 5.56 Å². The molecule has 0 radical (unpaired) electrons. The van der Waals surface area contributed by atoms with Crippen LogP contribution in [0.15, 0.2) is 103 Å². The second-order valence-corrected chi connectivity index (χ2v) is 11.0.